The number of nitrogens with zero attached hydrogens (tertiary/aromatic N) is 1. The zero-order valence-electron chi connectivity index (χ0n) is 18.1. The summed E-state index contributed by atoms with van der Waals surface area (Å²) in [5.41, 5.74) is 0. The number of rotatable bonds is 15. The van der Waals surface area contributed by atoms with Gasteiger partial charge in [-0.3, -0.25) is 4.79 Å². The number of aliphatic hydroxyl groups excluding tert-OH is 2. The molecule has 0 aromatic carbocycles. The Bertz CT molecular complexity index is 609. The molecule has 7 heteroatoms. The summed E-state index contributed by atoms with van der Waals surface area (Å²) in [6, 6.07) is 3.83. The van der Waals surface area contributed by atoms with Crippen molar-refractivity contribution in [1.82, 2.24) is 0 Å². The van der Waals surface area contributed by atoms with E-state index in [-0.39, 0.29) is 30.0 Å². The molecule has 1 heterocycles. The lowest BCUT2D eigenvalue weighted by atomic mass is 9.84. The summed E-state index contributed by atoms with van der Waals surface area (Å²) in [6.07, 6.45) is 8.76. The number of aliphatic hydroxyl groups is 2. The molecule has 1 aliphatic rings. The summed E-state index contributed by atoms with van der Waals surface area (Å²) in [4.78, 5) is 23.8. The summed E-state index contributed by atoms with van der Waals surface area (Å²) in [5, 5.41) is 26.2. The quantitative estimate of drug-likeness (QED) is 0.231. The third-order valence-electron chi connectivity index (χ3n) is 6.43. The zero-order valence-corrected chi connectivity index (χ0v) is 18.9. The minimum absolute atomic E-state index is 0.0551. The number of hydrogen-bond acceptors (Lipinski definition) is 7. The fourth-order valence-electron chi connectivity index (χ4n) is 4.70. The molecule has 0 aliphatic heterocycles. The van der Waals surface area contributed by atoms with Gasteiger partial charge in [0, 0.05) is 11.3 Å². The number of carbonyl (C=O) groups excluding carboxylic acids is 1. The Morgan fingerprint density at radius 1 is 1.20 bits per heavy atom. The molecule has 2 N–H and O–H groups in total. The number of esters is 1. The molecular weight excluding hydrogens is 402 g/mol. The van der Waals surface area contributed by atoms with Crippen molar-refractivity contribution in [3.05, 3.63) is 27.3 Å². The van der Waals surface area contributed by atoms with E-state index in [0.29, 0.717) is 19.3 Å². The number of carbonyl (C=O) groups is 1. The second-order valence-corrected chi connectivity index (χ2v) is 9.57. The van der Waals surface area contributed by atoms with Gasteiger partial charge in [-0.05, 0) is 74.6 Å². The summed E-state index contributed by atoms with van der Waals surface area (Å²) in [6.45, 7) is 0. The molecule has 1 aromatic heterocycles. The lowest BCUT2D eigenvalue weighted by Crippen LogP contribution is -2.23. The van der Waals surface area contributed by atoms with E-state index in [1.165, 1.54) is 12.0 Å². The van der Waals surface area contributed by atoms with Gasteiger partial charge in [0.05, 0.1) is 25.4 Å². The summed E-state index contributed by atoms with van der Waals surface area (Å²) in [5.74, 6) is -0.0405. The van der Waals surface area contributed by atoms with Crippen molar-refractivity contribution >= 4 is 17.3 Å². The number of thiophene rings is 1. The molecule has 5 atom stereocenters. The molecule has 6 nitrogen and oxygen atoms in total. The lowest BCUT2D eigenvalue weighted by molar-refractivity contribution is -0.140. The van der Waals surface area contributed by atoms with Gasteiger partial charge in [-0.15, -0.1) is 11.3 Å². The van der Waals surface area contributed by atoms with Crippen LogP contribution in [0.15, 0.2) is 22.7 Å². The molecular formula is C23H37NO5S. The maximum absolute atomic E-state index is 11.3. The predicted octanol–water partition coefficient (Wildman–Crippen LogP) is 4.86. The van der Waals surface area contributed by atoms with Crippen molar-refractivity contribution in [2.24, 2.45) is 17.0 Å². The number of nitroso groups, excluding NO2 is 1. The minimum atomic E-state index is -0.483. The van der Waals surface area contributed by atoms with Crippen LogP contribution in [0.3, 0.4) is 0 Å². The van der Waals surface area contributed by atoms with Crippen LogP contribution in [0.2, 0.25) is 0 Å². The van der Waals surface area contributed by atoms with Crippen LogP contribution in [0.4, 0.5) is 0 Å². The maximum Gasteiger partial charge on any atom is 0.305 e. The first kappa shape index (κ1) is 25.0. The highest BCUT2D eigenvalue weighted by atomic mass is 32.1. The Labute approximate surface area is 184 Å². The van der Waals surface area contributed by atoms with E-state index in [1.54, 1.807) is 11.3 Å². The molecule has 1 fully saturated rings. The van der Waals surface area contributed by atoms with Gasteiger partial charge >= 0.3 is 5.97 Å². The van der Waals surface area contributed by atoms with Gasteiger partial charge in [-0.1, -0.05) is 30.5 Å². The highest BCUT2D eigenvalue weighted by Crippen LogP contribution is 2.41. The van der Waals surface area contributed by atoms with Crippen LogP contribution in [0, 0.1) is 16.7 Å². The second kappa shape index (κ2) is 13.9. The smallest absolute Gasteiger partial charge is 0.305 e. The van der Waals surface area contributed by atoms with Crippen LogP contribution in [0.25, 0.3) is 0 Å². The minimum Gasteiger partial charge on any atom is -0.469 e. The van der Waals surface area contributed by atoms with Gasteiger partial charge in [0.2, 0.25) is 0 Å². The van der Waals surface area contributed by atoms with Crippen LogP contribution in [0.5, 0.6) is 0 Å². The molecule has 0 spiro atoms. The molecule has 1 saturated carbocycles. The topological polar surface area (TPSA) is 96.2 Å². The number of hydrogen-bond donors (Lipinski definition) is 2. The highest BCUT2D eigenvalue weighted by Gasteiger charge is 2.42. The van der Waals surface area contributed by atoms with Crippen LogP contribution in [-0.2, 0) is 16.0 Å². The van der Waals surface area contributed by atoms with E-state index < -0.39 is 6.10 Å². The summed E-state index contributed by atoms with van der Waals surface area (Å²) >= 11 is 1.75. The number of methoxy groups -OCH3 is 1. The Morgan fingerprint density at radius 3 is 2.70 bits per heavy atom. The lowest BCUT2D eigenvalue weighted by Gasteiger charge is -2.24. The molecule has 0 bridgehead atoms. The third kappa shape index (κ3) is 8.44. The molecule has 30 heavy (non-hydrogen) atoms. The largest absolute Gasteiger partial charge is 0.469 e. The second-order valence-electron chi connectivity index (χ2n) is 8.54. The van der Waals surface area contributed by atoms with E-state index in [2.05, 4.69) is 21.4 Å². The average Bonchev–Trinajstić information content (AvgIpc) is 3.36. The van der Waals surface area contributed by atoms with Gasteiger partial charge < -0.3 is 14.9 Å². The van der Waals surface area contributed by atoms with Gasteiger partial charge in [0.1, 0.15) is 0 Å². The third-order valence-corrected chi connectivity index (χ3v) is 7.36. The van der Waals surface area contributed by atoms with Crippen molar-refractivity contribution in [3.63, 3.8) is 0 Å². The van der Waals surface area contributed by atoms with Crippen molar-refractivity contribution < 1.29 is 19.7 Å². The van der Waals surface area contributed by atoms with Gasteiger partial charge in [0.25, 0.3) is 0 Å². The number of aryl methyl sites for hydroxylation is 1. The van der Waals surface area contributed by atoms with Crippen LogP contribution in [-0.4, -0.2) is 41.5 Å². The molecule has 2 rings (SSSR count). The standard InChI is InChI=1S/C23H37NO5S/c1-29-23(27)12-5-3-2-4-11-20-19(21(24-28)16-22(20)26)14-13-17(25)8-6-9-18-10-7-15-30-18/h7,10,15,17,19-22,25-26H,2-6,8-9,11-14,16H2,1H3. The normalized spacial score (nSPS) is 24.6. The fourth-order valence-corrected chi connectivity index (χ4v) is 5.45. The number of unbranched alkanes of at least 4 members (excludes halogenated alkanes) is 3. The predicted molar refractivity (Wildman–Crippen MR) is 119 cm³/mol. The molecule has 0 saturated heterocycles. The van der Waals surface area contributed by atoms with E-state index >= 15 is 0 Å². The van der Waals surface area contributed by atoms with Crippen LogP contribution < -0.4 is 0 Å². The first-order chi connectivity index (χ1) is 14.5. The molecule has 1 aromatic rings. The monoisotopic (exact) mass is 439 g/mol. The highest BCUT2D eigenvalue weighted by molar-refractivity contribution is 7.09. The fraction of sp³-hybridized carbons (Fsp3) is 0.783. The van der Waals surface area contributed by atoms with Crippen molar-refractivity contribution in [3.8, 4) is 0 Å². The van der Waals surface area contributed by atoms with Gasteiger partial charge in [-0.25, -0.2) is 0 Å². The molecule has 170 valence electrons. The maximum atomic E-state index is 11.3. The summed E-state index contributed by atoms with van der Waals surface area (Å²) < 4.78 is 4.65. The van der Waals surface area contributed by atoms with Crippen molar-refractivity contribution in [1.29, 1.82) is 0 Å². The van der Waals surface area contributed by atoms with Crippen LogP contribution >= 0.6 is 11.3 Å². The first-order valence-electron chi connectivity index (χ1n) is 11.3. The number of ether oxygens (including phenoxy) is 1. The Balaban J connectivity index is 1.69. The SMILES string of the molecule is COC(=O)CCCCCCC1C(O)CC(N=O)C1CCC(O)CCCc1cccs1. The average molecular weight is 440 g/mol. The van der Waals surface area contributed by atoms with Crippen molar-refractivity contribution in [2.75, 3.05) is 7.11 Å². The molecule has 1 aliphatic carbocycles. The first-order valence-corrected chi connectivity index (χ1v) is 12.2. The molecule has 5 unspecified atom stereocenters. The van der Waals surface area contributed by atoms with E-state index in [0.717, 1.165) is 57.8 Å². The van der Waals surface area contributed by atoms with E-state index in [4.69, 9.17) is 0 Å². The Kier molecular flexibility index (Phi) is 11.6. The Morgan fingerprint density at radius 2 is 2.00 bits per heavy atom. The molecule has 0 amide bonds. The van der Waals surface area contributed by atoms with Crippen molar-refractivity contribution in [2.45, 2.75) is 95.3 Å². The van der Waals surface area contributed by atoms with Gasteiger partial charge in [0.15, 0.2) is 0 Å². The van der Waals surface area contributed by atoms with Gasteiger partial charge in [-0.2, -0.15) is 4.91 Å². The summed E-state index contributed by atoms with van der Waals surface area (Å²) in [7, 11) is 1.40. The molecule has 0 radical (unpaired) electrons. The van der Waals surface area contributed by atoms with E-state index in [9.17, 15) is 19.9 Å². The zero-order chi connectivity index (χ0) is 21.8. The Hall–Kier alpha value is -1.31. The van der Waals surface area contributed by atoms with Crippen LogP contribution in [0.1, 0.15) is 75.5 Å². The van der Waals surface area contributed by atoms with E-state index in [1.807, 2.05) is 6.07 Å².